The number of methoxy groups -OCH3 is 1. The van der Waals surface area contributed by atoms with Gasteiger partial charge in [0.1, 0.15) is 11.6 Å². The molecule has 0 saturated heterocycles. The Morgan fingerprint density at radius 2 is 1.65 bits per heavy atom. The lowest BCUT2D eigenvalue weighted by Crippen LogP contribution is -3.11. The van der Waals surface area contributed by atoms with Crippen molar-refractivity contribution in [3.63, 3.8) is 0 Å². The summed E-state index contributed by atoms with van der Waals surface area (Å²) in [7, 11) is 3.34. The van der Waals surface area contributed by atoms with Gasteiger partial charge in [-0.15, -0.1) is 0 Å². The molecule has 2 atom stereocenters. The van der Waals surface area contributed by atoms with Gasteiger partial charge in [0.05, 0.1) is 14.2 Å². The number of halogens is 1. The van der Waals surface area contributed by atoms with Crippen molar-refractivity contribution in [1.29, 1.82) is 0 Å². The lowest BCUT2D eigenvalue weighted by Gasteiger charge is -2.24. The van der Waals surface area contributed by atoms with E-state index in [1.165, 1.54) is 24.3 Å². The predicted molar refractivity (Wildman–Crippen MR) is 118 cm³/mol. The number of hydrogen-bond acceptors (Lipinski definition) is 3. The summed E-state index contributed by atoms with van der Waals surface area (Å²) in [5, 5.41) is 5.65. The molecule has 160 valence electrons. The largest absolute Gasteiger partial charge is 0.497 e. The number of carbonyl (C=O) groups is 2. The van der Waals surface area contributed by atoms with Crippen LogP contribution in [0.2, 0.25) is 0 Å². The lowest BCUT2D eigenvalue weighted by molar-refractivity contribution is -0.893. The molecule has 0 bridgehead atoms. The molecule has 7 heteroatoms. The van der Waals surface area contributed by atoms with Crippen LogP contribution in [0.25, 0.3) is 0 Å². The van der Waals surface area contributed by atoms with E-state index < -0.39 is 6.04 Å². The molecule has 6 nitrogen and oxygen atoms in total. The summed E-state index contributed by atoms with van der Waals surface area (Å²) >= 11 is 0. The fourth-order valence-corrected chi connectivity index (χ4v) is 3.31. The molecule has 0 aliphatic heterocycles. The second-order valence-corrected chi connectivity index (χ2v) is 7.14. The highest BCUT2D eigenvalue weighted by Crippen LogP contribution is 2.17. The Balaban J connectivity index is 1.74. The van der Waals surface area contributed by atoms with Gasteiger partial charge in [-0.25, -0.2) is 4.39 Å². The summed E-state index contributed by atoms with van der Waals surface area (Å²) in [6, 6.07) is 21.2. The van der Waals surface area contributed by atoms with E-state index in [1.54, 1.807) is 38.4 Å². The highest BCUT2D eigenvalue weighted by Gasteiger charge is 2.30. The SMILES string of the molecule is COc1cccc(NC(=O)C[NH+](C)[C@H](C(=O)Nc2ccc(F)cc2)c2ccccc2)c1. The Morgan fingerprint density at radius 3 is 2.32 bits per heavy atom. The highest BCUT2D eigenvalue weighted by molar-refractivity contribution is 5.95. The monoisotopic (exact) mass is 422 g/mol. The molecule has 3 N–H and O–H groups in total. The molecule has 0 aromatic heterocycles. The molecule has 2 amide bonds. The zero-order valence-corrected chi connectivity index (χ0v) is 17.4. The maximum absolute atomic E-state index is 13.2. The number of hydrogen-bond donors (Lipinski definition) is 3. The quantitative estimate of drug-likeness (QED) is 0.523. The summed E-state index contributed by atoms with van der Waals surface area (Å²) in [4.78, 5) is 26.4. The van der Waals surface area contributed by atoms with Gasteiger partial charge < -0.3 is 20.3 Å². The van der Waals surface area contributed by atoms with Crippen molar-refractivity contribution in [3.05, 3.63) is 90.2 Å². The molecule has 31 heavy (non-hydrogen) atoms. The molecule has 3 rings (SSSR count). The summed E-state index contributed by atoms with van der Waals surface area (Å²) in [5.74, 6) is -0.264. The number of quaternary nitrogens is 1. The van der Waals surface area contributed by atoms with Crippen molar-refractivity contribution in [2.24, 2.45) is 0 Å². The molecule has 3 aromatic carbocycles. The average molecular weight is 422 g/mol. The number of carbonyl (C=O) groups excluding carboxylic acids is 2. The van der Waals surface area contributed by atoms with Crippen LogP contribution in [0.5, 0.6) is 5.75 Å². The number of benzene rings is 3. The number of rotatable bonds is 8. The first kappa shape index (κ1) is 22.0. The molecule has 0 heterocycles. The highest BCUT2D eigenvalue weighted by atomic mass is 19.1. The Labute approximate surface area is 180 Å². The Hall–Kier alpha value is -3.71. The molecule has 0 aliphatic carbocycles. The lowest BCUT2D eigenvalue weighted by atomic mass is 10.0. The molecular formula is C24H25FN3O3+. The predicted octanol–water partition coefficient (Wildman–Crippen LogP) is 2.67. The van der Waals surface area contributed by atoms with E-state index in [4.69, 9.17) is 4.74 Å². The van der Waals surface area contributed by atoms with Crippen molar-refractivity contribution in [2.45, 2.75) is 6.04 Å². The standard InChI is InChI=1S/C24H24FN3O3/c1-28(16-22(29)26-20-9-6-10-21(15-20)31-2)23(17-7-4-3-5-8-17)24(30)27-19-13-11-18(25)12-14-19/h3-15,23H,16H2,1-2H3,(H,26,29)(H,27,30)/p+1/t23-/m0/s1. The maximum Gasteiger partial charge on any atom is 0.287 e. The minimum absolute atomic E-state index is 0.0631. The Kier molecular flexibility index (Phi) is 7.35. The minimum Gasteiger partial charge on any atom is -0.497 e. The summed E-state index contributed by atoms with van der Waals surface area (Å²) in [5.41, 5.74) is 1.87. The third-order valence-electron chi connectivity index (χ3n) is 4.79. The van der Waals surface area contributed by atoms with Gasteiger partial charge in [-0.3, -0.25) is 9.59 Å². The molecule has 1 unspecified atom stereocenters. The normalized spacial score (nSPS) is 12.5. The number of anilines is 2. The van der Waals surface area contributed by atoms with Crippen LogP contribution in [0.4, 0.5) is 15.8 Å². The molecule has 0 radical (unpaired) electrons. The number of likely N-dealkylation sites (N-methyl/N-ethyl adjacent to an activating group) is 1. The molecule has 3 aromatic rings. The number of nitrogens with one attached hydrogen (secondary N) is 3. The van der Waals surface area contributed by atoms with Crippen molar-refractivity contribution in [3.8, 4) is 5.75 Å². The first-order chi connectivity index (χ1) is 15.0. The first-order valence-electron chi connectivity index (χ1n) is 9.84. The van der Waals surface area contributed by atoms with E-state index in [9.17, 15) is 14.0 Å². The van der Waals surface area contributed by atoms with Crippen LogP contribution >= 0.6 is 0 Å². The molecule has 0 saturated carbocycles. The van der Waals surface area contributed by atoms with Gasteiger partial charge in [0.2, 0.25) is 0 Å². The zero-order valence-electron chi connectivity index (χ0n) is 17.4. The van der Waals surface area contributed by atoms with Gasteiger partial charge in [0.25, 0.3) is 11.8 Å². The third-order valence-corrected chi connectivity index (χ3v) is 4.79. The van der Waals surface area contributed by atoms with E-state index in [0.717, 1.165) is 5.56 Å². The van der Waals surface area contributed by atoms with Crippen molar-refractivity contribution in [2.75, 3.05) is 31.3 Å². The van der Waals surface area contributed by atoms with Crippen molar-refractivity contribution < 1.29 is 23.6 Å². The maximum atomic E-state index is 13.2. The van der Waals surface area contributed by atoms with Gasteiger partial charge in [0, 0.05) is 23.0 Å². The molecule has 0 fully saturated rings. The van der Waals surface area contributed by atoms with E-state index in [2.05, 4.69) is 10.6 Å². The van der Waals surface area contributed by atoms with Crippen LogP contribution in [0.15, 0.2) is 78.9 Å². The van der Waals surface area contributed by atoms with Crippen LogP contribution < -0.4 is 20.3 Å². The number of ether oxygens (including phenoxy) is 1. The zero-order chi connectivity index (χ0) is 22.2. The van der Waals surface area contributed by atoms with Crippen LogP contribution in [0.3, 0.4) is 0 Å². The Morgan fingerprint density at radius 1 is 0.935 bits per heavy atom. The molecular weight excluding hydrogens is 397 g/mol. The second-order valence-electron chi connectivity index (χ2n) is 7.14. The topological polar surface area (TPSA) is 71.9 Å². The van der Waals surface area contributed by atoms with Crippen LogP contribution in [0, 0.1) is 5.82 Å². The van der Waals surface area contributed by atoms with Gasteiger partial charge in [0.15, 0.2) is 12.6 Å². The van der Waals surface area contributed by atoms with Crippen LogP contribution in [-0.2, 0) is 9.59 Å². The summed E-state index contributed by atoms with van der Waals surface area (Å²) in [6.45, 7) is 0.0631. The van der Waals surface area contributed by atoms with Gasteiger partial charge in [-0.1, -0.05) is 36.4 Å². The van der Waals surface area contributed by atoms with Gasteiger partial charge in [-0.2, -0.15) is 0 Å². The third kappa shape index (κ3) is 6.13. The first-order valence-corrected chi connectivity index (χ1v) is 9.84. The fourth-order valence-electron chi connectivity index (χ4n) is 3.31. The Bertz CT molecular complexity index is 1030. The van der Waals surface area contributed by atoms with E-state index in [-0.39, 0.29) is 24.2 Å². The van der Waals surface area contributed by atoms with E-state index in [0.29, 0.717) is 22.0 Å². The van der Waals surface area contributed by atoms with Crippen LogP contribution in [-0.4, -0.2) is 32.5 Å². The van der Waals surface area contributed by atoms with Gasteiger partial charge >= 0.3 is 0 Å². The van der Waals surface area contributed by atoms with E-state index >= 15 is 0 Å². The molecule has 0 aliphatic rings. The van der Waals surface area contributed by atoms with E-state index in [1.807, 2.05) is 30.3 Å². The average Bonchev–Trinajstić information content (AvgIpc) is 2.76. The van der Waals surface area contributed by atoms with Crippen molar-refractivity contribution in [1.82, 2.24) is 0 Å². The smallest absolute Gasteiger partial charge is 0.287 e. The second kappa shape index (κ2) is 10.4. The van der Waals surface area contributed by atoms with Crippen LogP contribution in [0.1, 0.15) is 11.6 Å². The minimum atomic E-state index is -0.637. The van der Waals surface area contributed by atoms with Crippen molar-refractivity contribution >= 4 is 23.2 Å². The number of amides is 2. The van der Waals surface area contributed by atoms with Gasteiger partial charge in [-0.05, 0) is 36.4 Å². The molecule has 0 spiro atoms. The summed E-state index contributed by atoms with van der Waals surface area (Å²) in [6.07, 6.45) is 0. The fraction of sp³-hybridized carbons (Fsp3) is 0.167. The summed E-state index contributed by atoms with van der Waals surface area (Å²) < 4.78 is 18.4.